The summed E-state index contributed by atoms with van der Waals surface area (Å²) in [5, 5.41) is 10.1. The first-order valence-electron chi connectivity index (χ1n) is 6.75. The Bertz CT molecular complexity index is 676. The number of hydrogen-bond donors (Lipinski definition) is 1. The van der Waals surface area contributed by atoms with E-state index in [1.807, 2.05) is 13.8 Å². The maximum Gasteiger partial charge on any atom is 0.327 e. The highest BCUT2D eigenvalue weighted by atomic mass is 35.5. The molecule has 5 nitrogen and oxygen atoms in total. The van der Waals surface area contributed by atoms with Crippen molar-refractivity contribution >= 4 is 28.7 Å². The van der Waals surface area contributed by atoms with Crippen LogP contribution in [0.1, 0.15) is 44.5 Å². The predicted octanol–water partition coefficient (Wildman–Crippen LogP) is 3.24. The van der Waals surface area contributed by atoms with Crippen LogP contribution in [0.5, 0.6) is 0 Å². The molecular formula is C14H16ClN3O2. The smallest absolute Gasteiger partial charge is 0.327 e. The molecular weight excluding hydrogens is 278 g/mol. The van der Waals surface area contributed by atoms with Crippen molar-refractivity contribution in [1.82, 2.24) is 14.5 Å². The van der Waals surface area contributed by atoms with Gasteiger partial charge in [0.05, 0.1) is 5.02 Å². The van der Waals surface area contributed by atoms with Crippen LogP contribution in [0.25, 0.3) is 11.2 Å². The first-order valence-corrected chi connectivity index (χ1v) is 7.13. The summed E-state index contributed by atoms with van der Waals surface area (Å²) in [6.07, 6.45) is 3.65. The van der Waals surface area contributed by atoms with Crippen molar-refractivity contribution in [2.45, 2.75) is 38.6 Å². The fourth-order valence-electron chi connectivity index (χ4n) is 2.57. The SMILES string of the molecule is CC(C)C(C(=O)O)n1c(C2CC2)nc2cc(Cl)cnc21. The van der Waals surface area contributed by atoms with Gasteiger partial charge in [-0.25, -0.2) is 14.8 Å². The van der Waals surface area contributed by atoms with Crippen molar-refractivity contribution in [2.24, 2.45) is 5.92 Å². The number of fused-ring (bicyclic) bond motifs is 1. The highest BCUT2D eigenvalue weighted by molar-refractivity contribution is 6.31. The van der Waals surface area contributed by atoms with Crippen LogP contribution >= 0.6 is 11.6 Å². The van der Waals surface area contributed by atoms with Gasteiger partial charge in [0, 0.05) is 12.1 Å². The van der Waals surface area contributed by atoms with Gasteiger partial charge in [-0.1, -0.05) is 25.4 Å². The fourth-order valence-corrected chi connectivity index (χ4v) is 2.72. The predicted molar refractivity (Wildman–Crippen MR) is 76.0 cm³/mol. The van der Waals surface area contributed by atoms with Gasteiger partial charge in [-0.2, -0.15) is 0 Å². The fraction of sp³-hybridized carbons (Fsp3) is 0.500. The lowest BCUT2D eigenvalue weighted by molar-refractivity contribution is -0.142. The molecule has 1 fully saturated rings. The number of carboxylic acid groups (broad SMARTS) is 1. The average molecular weight is 294 g/mol. The van der Waals surface area contributed by atoms with Gasteiger partial charge in [0.2, 0.25) is 0 Å². The molecule has 0 saturated heterocycles. The summed E-state index contributed by atoms with van der Waals surface area (Å²) in [6.45, 7) is 3.80. The number of pyridine rings is 1. The second kappa shape index (κ2) is 4.74. The van der Waals surface area contributed by atoms with Crippen LogP contribution in [0.3, 0.4) is 0 Å². The third-order valence-electron chi connectivity index (χ3n) is 3.63. The largest absolute Gasteiger partial charge is 0.480 e. The van der Waals surface area contributed by atoms with Crippen LogP contribution in [0.4, 0.5) is 0 Å². The van der Waals surface area contributed by atoms with Crippen LogP contribution in [0.15, 0.2) is 12.3 Å². The Hall–Kier alpha value is -1.62. The van der Waals surface area contributed by atoms with E-state index in [0.29, 0.717) is 22.1 Å². The number of hydrogen-bond acceptors (Lipinski definition) is 3. The number of carboxylic acids is 1. The molecule has 0 bridgehead atoms. The van der Waals surface area contributed by atoms with Gasteiger partial charge in [-0.15, -0.1) is 0 Å². The minimum atomic E-state index is -0.849. The molecule has 0 aliphatic heterocycles. The Kier molecular flexibility index (Phi) is 3.17. The van der Waals surface area contributed by atoms with Gasteiger partial charge < -0.3 is 5.11 Å². The molecule has 1 atom stereocenters. The number of carbonyl (C=O) groups is 1. The minimum Gasteiger partial charge on any atom is -0.480 e. The maximum atomic E-state index is 11.6. The van der Waals surface area contributed by atoms with E-state index in [9.17, 15) is 9.90 Å². The van der Waals surface area contributed by atoms with E-state index in [2.05, 4.69) is 9.97 Å². The van der Waals surface area contributed by atoms with E-state index in [1.54, 1.807) is 10.6 Å². The molecule has 106 valence electrons. The topological polar surface area (TPSA) is 68.0 Å². The number of aliphatic carboxylic acids is 1. The molecule has 2 aromatic rings. The molecule has 1 unspecified atom stereocenters. The monoisotopic (exact) mass is 293 g/mol. The van der Waals surface area contributed by atoms with Gasteiger partial charge in [0.15, 0.2) is 5.65 Å². The van der Waals surface area contributed by atoms with Gasteiger partial charge in [-0.3, -0.25) is 4.57 Å². The van der Waals surface area contributed by atoms with Crippen LogP contribution in [0.2, 0.25) is 5.02 Å². The number of rotatable bonds is 4. The van der Waals surface area contributed by atoms with Crippen LogP contribution in [-0.2, 0) is 4.79 Å². The number of nitrogens with zero attached hydrogens (tertiary/aromatic N) is 3. The minimum absolute atomic E-state index is 0.0418. The zero-order chi connectivity index (χ0) is 14.4. The van der Waals surface area contributed by atoms with E-state index in [4.69, 9.17) is 11.6 Å². The van der Waals surface area contributed by atoms with Crippen molar-refractivity contribution in [3.05, 3.63) is 23.1 Å². The molecule has 6 heteroatoms. The zero-order valence-corrected chi connectivity index (χ0v) is 12.1. The van der Waals surface area contributed by atoms with Gasteiger partial charge in [0.1, 0.15) is 17.4 Å². The van der Waals surface area contributed by atoms with Gasteiger partial charge in [-0.05, 0) is 24.8 Å². The number of aromatic nitrogens is 3. The van der Waals surface area contributed by atoms with E-state index in [1.165, 1.54) is 6.20 Å². The molecule has 1 N–H and O–H groups in total. The quantitative estimate of drug-likeness (QED) is 0.939. The summed E-state index contributed by atoms with van der Waals surface area (Å²) in [5.74, 6) is 0.289. The molecule has 1 saturated carbocycles. The highest BCUT2D eigenvalue weighted by Gasteiger charge is 2.35. The highest BCUT2D eigenvalue weighted by Crippen LogP contribution is 2.42. The Labute approximate surface area is 121 Å². The molecule has 0 amide bonds. The first kappa shape index (κ1) is 13.4. The molecule has 3 rings (SSSR count). The van der Waals surface area contributed by atoms with Crippen LogP contribution in [0, 0.1) is 5.92 Å². The Balaban J connectivity index is 2.25. The van der Waals surface area contributed by atoms with Crippen molar-refractivity contribution in [2.75, 3.05) is 0 Å². The van der Waals surface area contributed by atoms with Gasteiger partial charge in [0.25, 0.3) is 0 Å². The molecule has 1 aliphatic rings. The molecule has 0 aromatic carbocycles. The van der Waals surface area contributed by atoms with Gasteiger partial charge >= 0.3 is 5.97 Å². The van der Waals surface area contributed by atoms with E-state index in [-0.39, 0.29) is 5.92 Å². The number of halogens is 1. The maximum absolute atomic E-state index is 11.6. The van der Waals surface area contributed by atoms with E-state index in [0.717, 1.165) is 18.7 Å². The Morgan fingerprint density at radius 1 is 1.50 bits per heavy atom. The summed E-state index contributed by atoms with van der Waals surface area (Å²) in [5.41, 5.74) is 1.28. The third-order valence-corrected chi connectivity index (χ3v) is 3.84. The standard InChI is InChI=1S/C14H16ClN3O2/c1-7(2)11(14(19)20)18-12(8-3-4-8)17-10-5-9(15)6-16-13(10)18/h5-8,11H,3-4H2,1-2H3,(H,19,20). The Morgan fingerprint density at radius 3 is 2.75 bits per heavy atom. The van der Waals surface area contributed by atoms with Crippen molar-refractivity contribution in [3.63, 3.8) is 0 Å². The van der Waals surface area contributed by atoms with E-state index >= 15 is 0 Å². The molecule has 2 heterocycles. The zero-order valence-electron chi connectivity index (χ0n) is 11.4. The second-order valence-electron chi connectivity index (χ2n) is 5.64. The lowest BCUT2D eigenvalue weighted by Crippen LogP contribution is -2.26. The lowest BCUT2D eigenvalue weighted by Gasteiger charge is -2.20. The summed E-state index contributed by atoms with van der Waals surface area (Å²) in [4.78, 5) is 20.5. The van der Waals surface area contributed by atoms with E-state index < -0.39 is 12.0 Å². The summed E-state index contributed by atoms with van der Waals surface area (Å²) in [7, 11) is 0. The van der Waals surface area contributed by atoms with Crippen molar-refractivity contribution in [1.29, 1.82) is 0 Å². The molecule has 2 aromatic heterocycles. The second-order valence-corrected chi connectivity index (χ2v) is 6.07. The molecule has 20 heavy (non-hydrogen) atoms. The summed E-state index contributed by atoms with van der Waals surface area (Å²) < 4.78 is 1.79. The molecule has 0 spiro atoms. The van der Waals surface area contributed by atoms with Crippen molar-refractivity contribution in [3.8, 4) is 0 Å². The van der Waals surface area contributed by atoms with Crippen LogP contribution < -0.4 is 0 Å². The molecule has 1 aliphatic carbocycles. The van der Waals surface area contributed by atoms with Crippen LogP contribution in [-0.4, -0.2) is 25.6 Å². The third kappa shape index (κ3) is 2.16. The normalized spacial score (nSPS) is 16.8. The van der Waals surface area contributed by atoms with Crippen molar-refractivity contribution < 1.29 is 9.90 Å². The molecule has 0 radical (unpaired) electrons. The summed E-state index contributed by atoms with van der Waals surface area (Å²) >= 11 is 5.95. The lowest BCUT2D eigenvalue weighted by atomic mass is 10.0. The summed E-state index contributed by atoms with van der Waals surface area (Å²) in [6, 6.07) is 1.09. The first-order chi connectivity index (χ1) is 9.49. The average Bonchev–Trinajstić information content (AvgIpc) is 3.13. The number of imidazole rings is 1. The Morgan fingerprint density at radius 2 is 2.20 bits per heavy atom.